The van der Waals surface area contributed by atoms with E-state index in [2.05, 4.69) is 39.5 Å². The van der Waals surface area contributed by atoms with Crippen molar-refractivity contribution in [2.75, 3.05) is 40.0 Å². The van der Waals surface area contributed by atoms with E-state index in [1.54, 1.807) is 0 Å². The summed E-state index contributed by atoms with van der Waals surface area (Å²) < 4.78 is 17.2. The molecule has 2 heterocycles. The van der Waals surface area contributed by atoms with Crippen molar-refractivity contribution in [2.24, 2.45) is 4.99 Å². The second-order valence-corrected chi connectivity index (χ2v) is 6.76. The molecular formula is C20H31N3O3. The Bertz CT molecular complexity index is 570. The molecule has 2 aliphatic rings. The molecular weight excluding hydrogens is 330 g/mol. The summed E-state index contributed by atoms with van der Waals surface area (Å²) in [4.78, 5) is 6.74. The third-order valence-electron chi connectivity index (χ3n) is 4.93. The van der Waals surface area contributed by atoms with Gasteiger partial charge >= 0.3 is 0 Å². The topological polar surface area (TPSA) is 55.3 Å². The van der Waals surface area contributed by atoms with Crippen LogP contribution in [0.3, 0.4) is 0 Å². The predicted octanol–water partition coefficient (Wildman–Crippen LogP) is 2.18. The Labute approximate surface area is 156 Å². The number of benzene rings is 1. The third-order valence-corrected chi connectivity index (χ3v) is 4.93. The van der Waals surface area contributed by atoms with E-state index in [1.807, 2.05) is 14.0 Å². The molecule has 6 nitrogen and oxygen atoms in total. The molecule has 144 valence electrons. The first-order valence-electron chi connectivity index (χ1n) is 9.64. The van der Waals surface area contributed by atoms with Gasteiger partial charge in [-0.05, 0) is 30.9 Å². The van der Waals surface area contributed by atoms with Gasteiger partial charge in [0.2, 0.25) is 0 Å². The maximum absolute atomic E-state index is 5.93. The van der Waals surface area contributed by atoms with Gasteiger partial charge in [-0.15, -0.1) is 0 Å². The number of ether oxygens (including phenoxy) is 3. The number of hydrogen-bond donors (Lipinski definition) is 1. The molecule has 1 aromatic rings. The van der Waals surface area contributed by atoms with Crippen LogP contribution in [-0.2, 0) is 27.4 Å². The van der Waals surface area contributed by atoms with E-state index in [1.165, 1.54) is 11.1 Å². The second-order valence-electron chi connectivity index (χ2n) is 6.76. The molecule has 0 radical (unpaired) electrons. The largest absolute Gasteiger partial charge is 0.377 e. The minimum Gasteiger partial charge on any atom is -0.377 e. The van der Waals surface area contributed by atoms with Crippen LogP contribution >= 0.6 is 0 Å². The highest BCUT2D eigenvalue weighted by Gasteiger charge is 2.32. The summed E-state index contributed by atoms with van der Waals surface area (Å²) in [6.07, 6.45) is 2.60. The number of nitrogens with zero attached hydrogens (tertiary/aromatic N) is 2. The predicted molar refractivity (Wildman–Crippen MR) is 102 cm³/mol. The van der Waals surface area contributed by atoms with Crippen molar-refractivity contribution < 1.29 is 14.2 Å². The van der Waals surface area contributed by atoms with Gasteiger partial charge in [-0.1, -0.05) is 24.3 Å². The van der Waals surface area contributed by atoms with Gasteiger partial charge in [0.25, 0.3) is 0 Å². The van der Waals surface area contributed by atoms with Gasteiger partial charge in [0.1, 0.15) is 6.10 Å². The molecule has 2 saturated heterocycles. The summed E-state index contributed by atoms with van der Waals surface area (Å²) in [6.45, 7) is 7.45. The fraction of sp³-hybridized carbons (Fsp3) is 0.650. The van der Waals surface area contributed by atoms with Crippen LogP contribution < -0.4 is 5.32 Å². The summed E-state index contributed by atoms with van der Waals surface area (Å²) in [6, 6.07) is 8.53. The van der Waals surface area contributed by atoms with Crippen molar-refractivity contribution in [1.29, 1.82) is 0 Å². The lowest BCUT2D eigenvalue weighted by atomic mass is 10.1. The van der Waals surface area contributed by atoms with E-state index in [-0.39, 0.29) is 12.2 Å². The summed E-state index contributed by atoms with van der Waals surface area (Å²) in [5, 5.41) is 3.48. The first-order chi connectivity index (χ1) is 12.8. The third kappa shape index (κ3) is 5.19. The van der Waals surface area contributed by atoms with Crippen molar-refractivity contribution in [3.63, 3.8) is 0 Å². The zero-order valence-electron chi connectivity index (χ0n) is 15.9. The summed E-state index contributed by atoms with van der Waals surface area (Å²) >= 11 is 0. The van der Waals surface area contributed by atoms with Crippen LogP contribution in [0.4, 0.5) is 0 Å². The highest BCUT2D eigenvalue weighted by atomic mass is 16.5. The highest BCUT2D eigenvalue weighted by molar-refractivity contribution is 5.80. The quantitative estimate of drug-likeness (QED) is 0.622. The monoisotopic (exact) mass is 361 g/mol. The molecule has 0 saturated carbocycles. The SMILES string of the molecule is CCOCc1ccc(CNC(=NC)N2CCOC(C3CCCO3)C2)cc1. The van der Waals surface area contributed by atoms with Gasteiger partial charge in [0, 0.05) is 39.9 Å². The molecule has 0 bridgehead atoms. The van der Waals surface area contributed by atoms with Gasteiger partial charge < -0.3 is 24.4 Å². The molecule has 2 atom stereocenters. The Kier molecular flexibility index (Phi) is 7.29. The van der Waals surface area contributed by atoms with Crippen LogP contribution in [0.2, 0.25) is 0 Å². The van der Waals surface area contributed by atoms with Crippen LogP contribution in [0.5, 0.6) is 0 Å². The molecule has 2 unspecified atom stereocenters. The van der Waals surface area contributed by atoms with Gasteiger partial charge in [0.05, 0.1) is 19.3 Å². The Hall–Kier alpha value is -1.63. The van der Waals surface area contributed by atoms with E-state index in [4.69, 9.17) is 14.2 Å². The second kappa shape index (κ2) is 9.90. The molecule has 0 amide bonds. The number of guanidine groups is 1. The average Bonchev–Trinajstić information content (AvgIpc) is 3.23. The molecule has 3 rings (SSSR count). The zero-order chi connectivity index (χ0) is 18.2. The Morgan fingerprint density at radius 3 is 2.65 bits per heavy atom. The molecule has 2 fully saturated rings. The fourth-order valence-corrected chi connectivity index (χ4v) is 3.48. The molecule has 1 aromatic carbocycles. The number of rotatable bonds is 6. The van der Waals surface area contributed by atoms with Crippen molar-refractivity contribution >= 4 is 5.96 Å². The van der Waals surface area contributed by atoms with Crippen LogP contribution in [0.15, 0.2) is 29.3 Å². The lowest BCUT2D eigenvalue weighted by Crippen LogP contribution is -2.53. The fourth-order valence-electron chi connectivity index (χ4n) is 3.48. The number of morpholine rings is 1. The summed E-state index contributed by atoms with van der Waals surface area (Å²) in [7, 11) is 1.84. The minimum atomic E-state index is 0.141. The number of hydrogen-bond acceptors (Lipinski definition) is 4. The zero-order valence-corrected chi connectivity index (χ0v) is 15.9. The Morgan fingerprint density at radius 2 is 1.96 bits per heavy atom. The van der Waals surface area contributed by atoms with Crippen LogP contribution in [-0.4, -0.2) is 63.0 Å². The standard InChI is InChI=1S/C20H31N3O3/c1-3-24-15-17-8-6-16(7-9-17)13-22-20(21-2)23-10-12-26-19(14-23)18-5-4-11-25-18/h6-9,18-19H,3-5,10-15H2,1-2H3,(H,21,22). The first kappa shape index (κ1) is 19.1. The smallest absolute Gasteiger partial charge is 0.194 e. The van der Waals surface area contributed by atoms with E-state index >= 15 is 0 Å². The lowest BCUT2D eigenvalue weighted by Gasteiger charge is -2.37. The molecule has 1 N–H and O–H groups in total. The molecule has 26 heavy (non-hydrogen) atoms. The lowest BCUT2D eigenvalue weighted by molar-refractivity contribution is -0.0817. The average molecular weight is 361 g/mol. The summed E-state index contributed by atoms with van der Waals surface area (Å²) in [5.74, 6) is 0.926. The van der Waals surface area contributed by atoms with E-state index in [0.29, 0.717) is 6.61 Å². The summed E-state index contributed by atoms with van der Waals surface area (Å²) in [5.41, 5.74) is 2.43. The molecule has 2 aliphatic heterocycles. The maximum Gasteiger partial charge on any atom is 0.194 e. The molecule has 6 heteroatoms. The first-order valence-corrected chi connectivity index (χ1v) is 9.64. The van der Waals surface area contributed by atoms with Gasteiger partial charge in [-0.2, -0.15) is 0 Å². The highest BCUT2D eigenvalue weighted by Crippen LogP contribution is 2.21. The van der Waals surface area contributed by atoms with Crippen molar-refractivity contribution in [1.82, 2.24) is 10.2 Å². The minimum absolute atomic E-state index is 0.141. The van der Waals surface area contributed by atoms with E-state index in [9.17, 15) is 0 Å². The van der Waals surface area contributed by atoms with Gasteiger partial charge in [0.15, 0.2) is 5.96 Å². The molecule has 0 aromatic heterocycles. The normalized spacial score (nSPS) is 24.1. The van der Waals surface area contributed by atoms with Crippen molar-refractivity contribution in [3.8, 4) is 0 Å². The molecule has 0 aliphatic carbocycles. The maximum atomic E-state index is 5.93. The number of nitrogens with one attached hydrogen (secondary N) is 1. The Morgan fingerprint density at radius 1 is 1.19 bits per heavy atom. The Balaban J connectivity index is 1.50. The molecule has 0 spiro atoms. The van der Waals surface area contributed by atoms with Gasteiger partial charge in [-0.3, -0.25) is 4.99 Å². The van der Waals surface area contributed by atoms with Crippen LogP contribution in [0.1, 0.15) is 30.9 Å². The van der Waals surface area contributed by atoms with Crippen molar-refractivity contribution in [2.45, 2.75) is 45.1 Å². The van der Waals surface area contributed by atoms with E-state index in [0.717, 1.165) is 58.3 Å². The van der Waals surface area contributed by atoms with Crippen LogP contribution in [0, 0.1) is 0 Å². The van der Waals surface area contributed by atoms with Crippen LogP contribution in [0.25, 0.3) is 0 Å². The van der Waals surface area contributed by atoms with Gasteiger partial charge in [-0.25, -0.2) is 0 Å². The van der Waals surface area contributed by atoms with E-state index < -0.39 is 0 Å². The number of aliphatic imine (C=N–C) groups is 1. The van der Waals surface area contributed by atoms with Crippen molar-refractivity contribution in [3.05, 3.63) is 35.4 Å².